The minimum absolute atomic E-state index is 0.216. The quantitative estimate of drug-likeness (QED) is 0.899. The van der Waals surface area contributed by atoms with Crippen molar-refractivity contribution in [2.24, 2.45) is 0 Å². The van der Waals surface area contributed by atoms with Gasteiger partial charge in [0.2, 0.25) is 0 Å². The molecular weight excluding hydrogens is 292 g/mol. The summed E-state index contributed by atoms with van der Waals surface area (Å²) in [7, 11) is 1.96. The topological polar surface area (TPSA) is 61.8 Å². The van der Waals surface area contributed by atoms with E-state index in [9.17, 15) is 9.90 Å². The lowest BCUT2D eigenvalue weighted by atomic mass is 10.1. The zero-order chi connectivity index (χ0) is 15.0. The highest BCUT2D eigenvalue weighted by Crippen LogP contribution is 2.38. The minimum Gasteiger partial charge on any atom is -0.378 e. The number of likely N-dealkylation sites (N-methyl/N-ethyl adjacent to an activating group) is 1. The van der Waals surface area contributed by atoms with E-state index in [0.29, 0.717) is 16.3 Å². The van der Waals surface area contributed by atoms with Crippen LogP contribution in [0.2, 0.25) is 5.02 Å². The number of hydrogen-bond acceptors (Lipinski definition) is 4. The largest absolute Gasteiger partial charge is 0.378 e. The molecule has 0 aliphatic carbocycles. The molecule has 1 amide bonds. The number of amides is 1. The monoisotopic (exact) mass is 310 g/mol. The van der Waals surface area contributed by atoms with Gasteiger partial charge in [0.1, 0.15) is 0 Å². The number of hydrogen-bond donors (Lipinski definition) is 2. The molecular formula is C15H19ClN2O3. The zero-order valence-corrected chi connectivity index (χ0v) is 12.7. The highest BCUT2D eigenvalue weighted by molar-refractivity contribution is 6.33. The van der Waals surface area contributed by atoms with Gasteiger partial charge in [0.25, 0.3) is 5.91 Å². The van der Waals surface area contributed by atoms with Gasteiger partial charge in [0, 0.05) is 31.5 Å². The van der Waals surface area contributed by atoms with E-state index < -0.39 is 12.0 Å². The Bertz CT molecular complexity index is 558. The molecule has 1 saturated heterocycles. The third-order valence-corrected chi connectivity index (χ3v) is 4.39. The van der Waals surface area contributed by atoms with Crippen LogP contribution in [0.5, 0.6) is 0 Å². The summed E-state index contributed by atoms with van der Waals surface area (Å²) in [5.74, 6) is -0.406. The number of carbonyl (C=O) groups is 1. The fourth-order valence-electron chi connectivity index (χ4n) is 2.90. The van der Waals surface area contributed by atoms with Crippen LogP contribution in [0.25, 0.3) is 0 Å². The third kappa shape index (κ3) is 2.86. The maximum Gasteiger partial charge on any atom is 0.257 e. The Hall–Kier alpha value is -1.30. The average molecular weight is 311 g/mol. The Morgan fingerprint density at radius 3 is 3.00 bits per heavy atom. The van der Waals surface area contributed by atoms with E-state index in [1.807, 2.05) is 18.0 Å². The first-order valence-corrected chi connectivity index (χ1v) is 7.59. The molecule has 1 aromatic carbocycles. The molecule has 2 unspecified atom stereocenters. The molecule has 0 radical (unpaired) electrons. The van der Waals surface area contributed by atoms with E-state index in [1.54, 1.807) is 6.07 Å². The maximum absolute atomic E-state index is 11.5. The van der Waals surface area contributed by atoms with E-state index >= 15 is 0 Å². The molecule has 1 aromatic rings. The van der Waals surface area contributed by atoms with E-state index in [4.69, 9.17) is 16.3 Å². The van der Waals surface area contributed by atoms with Gasteiger partial charge < -0.3 is 20.1 Å². The molecule has 5 nitrogen and oxygen atoms in total. The van der Waals surface area contributed by atoms with E-state index in [1.165, 1.54) is 6.42 Å². The second-order valence-corrected chi connectivity index (χ2v) is 6.06. The van der Waals surface area contributed by atoms with Gasteiger partial charge in [-0.2, -0.15) is 0 Å². The number of halogens is 1. The fourth-order valence-corrected chi connectivity index (χ4v) is 3.22. The normalized spacial score (nSPS) is 24.6. The van der Waals surface area contributed by atoms with Crippen molar-refractivity contribution in [2.45, 2.75) is 31.5 Å². The third-order valence-electron chi connectivity index (χ3n) is 4.08. The SMILES string of the molecule is CN(CC1CCCCO1)c1cc2c(cc1Cl)C(O)C(=O)N2. The Labute approximate surface area is 128 Å². The molecule has 1 fully saturated rings. The van der Waals surface area contributed by atoms with Crippen LogP contribution < -0.4 is 10.2 Å². The first kappa shape index (κ1) is 14.6. The number of aliphatic hydroxyl groups excluding tert-OH is 1. The van der Waals surface area contributed by atoms with Crippen LogP contribution in [0.15, 0.2) is 12.1 Å². The smallest absolute Gasteiger partial charge is 0.257 e. The first-order chi connectivity index (χ1) is 10.1. The standard InChI is InChI=1S/C15H19ClN2O3/c1-18(8-9-4-2-3-5-21-9)13-7-12-10(6-11(13)16)14(19)15(20)17-12/h6-7,9,14,19H,2-5,8H2,1H3,(H,17,20). The van der Waals surface area contributed by atoms with Crippen molar-refractivity contribution in [1.82, 2.24) is 0 Å². The predicted molar refractivity (Wildman–Crippen MR) is 81.9 cm³/mol. The van der Waals surface area contributed by atoms with Crippen molar-refractivity contribution >= 4 is 28.9 Å². The number of fused-ring (bicyclic) bond motifs is 1. The highest BCUT2D eigenvalue weighted by Gasteiger charge is 2.30. The van der Waals surface area contributed by atoms with Crippen molar-refractivity contribution in [3.05, 3.63) is 22.7 Å². The van der Waals surface area contributed by atoms with Gasteiger partial charge >= 0.3 is 0 Å². The van der Waals surface area contributed by atoms with Gasteiger partial charge in [-0.15, -0.1) is 0 Å². The Kier molecular flexibility index (Phi) is 4.06. The van der Waals surface area contributed by atoms with Crippen molar-refractivity contribution in [3.63, 3.8) is 0 Å². The molecule has 0 bridgehead atoms. The number of rotatable bonds is 3. The van der Waals surface area contributed by atoms with E-state index in [2.05, 4.69) is 5.32 Å². The van der Waals surface area contributed by atoms with Crippen molar-refractivity contribution in [1.29, 1.82) is 0 Å². The maximum atomic E-state index is 11.5. The van der Waals surface area contributed by atoms with Crippen LogP contribution >= 0.6 is 11.6 Å². The second-order valence-electron chi connectivity index (χ2n) is 5.65. The lowest BCUT2D eigenvalue weighted by molar-refractivity contribution is -0.123. The number of benzene rings is 1. The highest BCUT2D eigenvalue weighted by atomic mass is 35.5. The molecule has 0 spiro atoms. The number of nitrogens with one attached hydrogen (secondary N) is 1. The molecule has 114 valence electrons. The molecule has 6 heteroatoms. The van der Waals surface area contributed by atoms with Crippen LogP contribution in [0.1, 0.15) is 30.9 Å². The zero-order valence-electron chi connectivity index (χ0n) is 11.9. The van der Waals surface area contributed by atoms with Crippen LogP contribution in [-0.2, 0) is 9.53 Å². The van der Waals surface area contributed by atoms with Crippen molar-refractivity contribution in [2.75, 3.05) is 30.4 Å². The Morgan fingerprint density at radius 2 is 2.29 bits per heavy atom. The predicted octanol–water partition coefficient (Wildman–Crippen LogP) is 2.33. The van der Waals surface area contributed by atoms with Crippen LogP contribution in [0, 0.1) is 0 Å². The summed E-state index contributed by atoms with van der Waals surface area (Å²) < 4.78 is 5.74. The van der Waals surface area contributed by atoms with Gasteiger partial charge in [-0.1, -0.05) is 11.6 Å². The molecule has 0 saturated carbocycles. The average Bonchev–Trinajstić information content (AvgIpc) is 2.74. The molecule has 2 atom stereocenters. The second kappa shape index (κ2) is 5.83. The molecule has 0 aromatic heterocycles. The summed E-state index contributed by atoms with van der Waals surface area (Å²) in [6.45, 7) is 1.58. The number of aliphatic hydroxyl groups is 1. The van der Waals surface area contributed by atoms with Crippen LogP contribution in [0.3, 0.4) is 0 Å². The van der Waals surface area contributed by atoms with Gasteiger partial charge in [0.15, 0.2) is 6.10 Å². The van der Waals surface area contributed by atoms with E-state index in [0.717, 1.165) is 31.7 Å². The molecule has 2 N–H and O–H groups in total. The Balaban J connectivity index is 1.79. The molecule has 3 rings (SSSR count). The summed E-state index contributed by atoms with van der Waals surface area (Å²) >= 11 is 6.30. The molecule has 2 aliphatic rings. The molecule has 21 heavy (non-hydrogen) atoms. The molecule has 2 heterocycles. The summed E-state index contributed by atoms with van der Waals surface area (Å²) in [6.07, 6.45) is 2.47. The number of anilines is 2. The van der Waals surface area contributed by atoms with Crippen molar-refractivity contribution < 1.29 is 14.6 Å². The van der Waals surface area contributed by atoms with Crippen LogP contribution in [-0.4, -0.2) is 37.3 Å². The lowest BCUT2D eigenvalue weighted by Gasteiger charge is -2.29. The minimum atomic E-state index is -1.13. The summed E-state index contributed by atoms with van der Waals surface area (Å²) in [4.78, 5) is 13.5. The van der Waals surface area contributed by atoms with Gasteiger partial charge in [-0.25, -0.2) is 0 Å². The van der Waals surface area contributed by atoms with Crippen LogP contribution in [0.4, 0.5) is 11.4 Å². The van der Waals surface area contributed by atoms with Gasteiger partial charge in [-0.3, -0.25) is 4.79 Å². The summed E-state index contributed by atoms with van der Waals surface area (Å²) in [5.41, 5.74) is 2.00. The molecule has 2 aliphatic heterocycles. The Morgan fingerprint density at radius 1 is 1.48 bits per heavy atom. The first-order valence-electron chi connectivity index (χ1n) is 7.21. The lowest BCUT2D eigenvalue weighted by Crippen LogP contribution is -2.33. The van der Waals surface area contributed by atoms with E-state index in [-0.39, 0.29) is 6.10 Å². The van der Waals surface area contributed by atoms with Gasteiger partial charge in [0.05, 0.1) is 16.8 Å². The number of nitrogens with zero attached hydrogens (tertiary/aromatic N) is 1. The summed E-state index contributed by atoms with van der Waals surface area (Å²) in [6, 6.07) is 3.47. The number of ether oxygens (including phenoxy) is 1. The summed E-state index contributed by atoms with van der Waals surface area (Å²) in [5, 5.41) is 13.0. The van der Waals surface area contributed by atoms with Crippen molar-refractivity contribution in [3.8, 4) is 0 Å². The number of carbonyl (C=O) groups excluding carboxylic acids is 1. The fraction of sp³-hybridized carbons (Fsp3) is 0.533. The van der Waals surface area contributed by atoms with Gasteiger partial charge in [-0.05, 0) is 31.4 Å².